The first-order valence-corrected chi connectivity index (χ1v) is 11.3. The molecule has 0 saturated heterocycles. The van der Waals surface area contributed by atoms with E-state index in [-0.39, 0.29) is 17.3 Å². The first-order valence-electron chi connectivity index (χ1n) is 10.3. The molecule has 13 heteroatoms. The van der Waals surface area contributed by atoms with Gasteiger partial charge in [0.2, 0.25) is 11.6 Å². The van der Waals surface area contributed by atoms with Crippen LogP contribution < -0.4 is 20.6 Å². The topological polar surface area (TPSA) is 156 Å². The van der Waals surface area contributed by atoms with Gasteiger partial charge in [0.05, 0.1) is 26.1 Å². The van der Waals surface area contributed by atoms with Gasteiger partial charge in [-0.1, -0.05) is 29.0 Å². The van der Waals surface area contributed by atoms with Crippen molar-refractivity contribution >= 4 is 29.7 Å². The van der Waals surface area contributed by atoms with E-state index in [0.717, 1.165) is 10.5 Å². The average Bonchev–Trinajstić information content (AvgIpc) is 3.48. The Morgan fingerprint density at radius 3 is 2.69 bits per heavy atom. The van der Waals surface area contributed by atoms with Crippen LogP contribution in [0.25, 0.3) is 5.82 Å². The molecule has 180 valence electrons. The van der Waals surface area contributed by atoms with E-state index < -0.39 is 5.91 Å². The summed E-state index contributed by atoms with van der Waals surface area (Å²) in [5, 5.41) is 19.5. The third kappa shape index (κ3) is 5.24. The van der Waals surface area contributed by atoms with Gasteiger partial charge in [0.1, 0.15) is 0 Å². The average molecular weight is 495 g/mol. The van der Waals surface area contributed by atoms with E-state index >= 15 is 0 Å². The summed E-state index contributed by atoms with van der Waals surface area (Å²) in [5.41, 5.74) is 10.6. The molecule has 0 fully saturated rings. The summed E-state index contributed by atoms with van der Waals surface area (Å²) in [5.74, 6) is 0.970. The highest BCUT2D eigenvalue weighted by atomic mass is 32.2. The highest BCUT2D eigenvalue weighted by Crippen LogP contribution is 2.29. The van der Waals surface area contributed by atoms with Crippen LogP contribution in [-0.2, 0) is 5.75 Å². The number of nitrogens with zero attached hydrogens (tertiary/aromatic N) is 6. The summed E-state index contributed by atoms with van der Waals surface area (Å²) in [6.45, 7) is 2.01. The van der Waals surface area contributed by atoms with Crippen molar-refractivity contribution in [1.29, 1.82) is 0 Å². The number of amides is 1. The van der Waals surface area contributed by atoms with Crippen LogP contribution in [0.4, 0.5) is 5.82 Å². The fraction of sp³-hybridized carbons (Fsp3) is 0.182. The molecule has 0 unspecified atom stereocenters. The predicted molar refractivity (Wildman–Crippen MR) is 129 cm³/mol. The highest BCUT2D eigenvalue weighted by molar-refractivity contribution is 7.98. The van der Waals surface area contributed by atoms with Crippen LogP contribution in [0.5, 0.6) is 11.5 Å². The molecule has 35 heavy (non-hydrogen) atoms. The summed E-state index contributed by atoms with van der Waals surface area (Å²) in [6.07, 6.45) is 1.45. The smallest absolute Gasteiger partial charge is 0.293 e. The van der Waals surface area contributed by atoms with Crippen molar-refractivity contribution in [2.24, 2.45) is 5.10 Å². The highest BCUT2D eigenvalue weighted by Gasteiger charge is 2.24. The van der Waals surface area contributed by atoms with Gasteiger partial charge in [-0.05, 0) is 41.5 Å². The Kier molecular flexibility index (Phi) is 7.26. The number of hydrogen-bond donors (Lipinski definition) is 2. The number of para-hydroxylation sites is 1. The van der Waals surface area contributed by atoms with Gasteiger partial charge in [-0.15, -0.1) is 16.9 Å². The lowest BCUT2D eigenvalue weighted by atomic mass is 10.2. The Hall–Kier alpha value is -4.39. The van der Waals surface area contributed by atoms with Crippen molar-refractivity contribution < 1.29 is 18.9 Å². The maximum Gasteiger partial charge on any atom is 0.293 e. The number of aryl methyl sites for hydroxylation is 1. The summed E-state index contributed by atoms with van der Waals surface area (Å²) < 4.78 is 16.7. The zero-order valence-corrected chi connectivity index (χ0v) is 19.9. The van der Waals surface area contributed by atoms with Crippen LogP contribution in [0.15, 0.2) is 57.1 Å². The SMILES string of the molecule is COc1cccc(C=NNC(=O)c2nnn(-c3nonc3N)c2CSc2ccc(C)cc2)c1OC. The lowest BCUT2D eigenvalue weighted by molar-refractivity contribution is 0.0949. The van der Waals surface area contributed by atoms with Crippen LogP contribution in [0.3, 0.4) is 0 Å². The number of aromatic nitrogens is 5. The maximum atomic E-state index is 13.0. The first-order chi connectivity index (χ1) is 17.0. The van der Waals surface area contributed by atoms with Crippen LogP contribution >= 0.6 is 11.8 Å². The van der Waals surface area contributed by atoms with Crippen molar-refractivity contribution in [1.82, 2.24) is 30.7 Å². The number of hydrazone groups is 1. The number of thioether (sulfide) groups is 1. The van der Waals surface area contributed by atoms with Crippen molar-refractivity contribution in [3.05, 3.63) is 65.0 Å². The molecule has 0 aliphatic carbocycles. The largest absolute Gasteiger partial charge is 0.493 e. The van der Waals surface area contributed by atoms with E-state index in [4.69, 9.17) is 15.2 Å². The molecule has 4 aromatic rings. The molecule has 0 saturated carbocycles. The van der Waals surface area contributed by atoms with Gasteiger partial charge in [-0.3, -0.25) is 4.79 Å². The van der Waals surface area contributed by atoms with Gasteiger partial charge in [-0.2, -0.15) is 9.78 Å². The molecule has 0 aliphatic rings. The first kappa shape index (κ1) is 23.8. The number of nitrogens with one attached hydrogen (secondary N) is 1. The third-order valence-electron chi connectivity index (χ3n) is 4.87. The van der Waals surface area contributed by atoms with Gasteiger partial charge in [0.25, 0.3) is 5.91 Å². The second-order valence-electron chi connectivity index (χ2n) is 7.15. The molecule has 0 radical (unpaired) electrons. The minimum Gasteiger partial charge on any atom is -0.493 e. The molecular weight excluding hydrogens is 472 g/mol. The molecule has 1 amide bonds. The molecule has 2 aromatic heterocycles. The molecule has 0 spiro atoms. The Balaban J connectivity index is 1.58. The molecular formula is C22H22N8O4S. The number of rotatable bonds is 9. The van der Waals surface area contributed by atoms with Crippen LogP contribution in [0.1, 0.15) is 27.3 Å². The number of hydrogen-bond acceptors (Lipinski definition) is 11. The molecule has 0 aliphatic heterocycles. The number of anilines is 1. The van der Waals surface area contributed by atoms with Crippen LogP contribution in [0, 0.1) is 6.92 Å². The Morgan fingerprint density at radius 1 is 1.20 bits per heavy atom. The number of carbonyl (C=O) groups is 1. The monoisotopic (exact) mass is 494 g/mol. The lowest BCUT2D eigenvalue weighted by Gasteiger charge is -2.09. The molecule has 2 aromatic carbocycles. The van der Waals surface area contributed by atoms with Gasteiger partial charge in [-0.25, -0.2) is 10.1 Å². The number of benzene rings is 2. The molecule has 12 nitrogen and oxygen atoms in total. The van der Waals surface area contributed by atoms with Gasteiger partial charge < -0.3 is 15.2 Å². The van der Waals surface area contributed by atoms with E-state index in [0.29, 0.717) is 28.5 Å². The number of nitrogens with two attached hydrogens (primary N) is 1. The van der Waals surface area contributed by atoms with E-state index in [1.165, 1.54) is 36.9 Å². The minimum atomic E-state index is -0.566. The molecule has 4 rings (SSSR count). The van der Waals surface area contributed by atoms with E-state index in [1.54, 1.807) is 18.2 Å². The van der Waals surface area contributed by atoms with Crippen molar-refractivity contribution in [2.75, 3.05) is 20.0 Å². The Labute approximate surface area is 204 Å². The fourth-order valence-electron chi connectivity index (χ4n) is 3.13. The zero-order chi connectivity index (χ0) is 24.8. The summed E-state index contributed by atoms with van der Waals surface area (Å²) in [6, 6.07) is 13.3. The van der Waals surface area contributed by atoms with Crippen molar-refractivity contribution in [2.45, 2.75) is 17.6 Å². The van der Waals surface area contributed by atoms with E-state index in [2.05, 4.69) is 35.8 Å². The Morgan fingerprint density at radius 2 is 2.00 bits per heavy atom. The summed E-state index contributed by atoms with van der Waals surface area (Å²) in [4.78, 5) is 14.0. The molecule has 3 N–H and O–H groups in total. The van der Waals surface area contributed by atoms with Gasteiger partial charge in [0.15, 0.2) is 17.2 Å². The number of ether oxygens (including phenoxy) is 2. The van der Waals surface area contributed by atoms with Crippen molar-refractivity contribution in [3.63, 3.8) is 0 Å². The van der Waals surface area contributed by atoms with Crippen LogP contribution in [-0.4, -0.2) is 51.6 Å². The fourth-order valence-corrected chi connectivity index (χ4v) is 4.02. The number of nitrogen functional groups attached to an aromatic ring is 1. The van der Waals surface area contributed by atoms with E-state index in [9.17, 15) is 4.79 Å². The van der Waals surface area contributed by atoms with Crippen molar-refractivity contribution in [3.8, 4) is 17.3 Å². The van der Waals surface area contributed by atoms with Crippen LogP contribution in [0.2, 0.25) is 0 Å². The van der Waals surface area contributed by atoms with E-state index in [1.807, 2.05) is 31.2 Å². The standard InChI is InChI=1S/C22H22N8O4S/c1-13-7-9-15(10-8-13)35-12-16-18(25-29-30(16)21-20(23)27-34-28-21)22(31)26-24-11-14-5-4-6-17(32-2)19(14)33-3/h4-11H,12H2,1-3H3,(H2,23,27)(H,26,31). The van der Waals surface area contributed by atoms with Gasteiger partial charge >= 0.3 is 0 Å². The molecule has 2 heterocycles. The zero-order valence-electron chi connectivity index (χ0n) is 19.1. The third-order valence-corrected chi connectivity index (χ3v) is 5.90. The van der Waals surface area contributed by atoms with Gasteiger partial charge in [0, 0.05) is 16.2 Å². The summed E-state index contributed by atoms with van der Waals surface area (Å²) in [7, 11) is 3.06. The molecule has 0 bridgehead atoms. The Bertz CT molecular complexity index is 1350. The second kappa shape index (κ2) is 10.7. The molecule has 0 atom stereocenters. The lowest BCUT2D eigenvalue weighted by Crippen LogP contribution is -2.20. The minimum absolute atomic E-state index is 0.0200. The second-order valence-corrected chi connectivity index (χ2v) is 8.20. The number of methoxy groups -OCH3 is 2. The quantitative estimate of drug-likeness (QED) is 0.201. The number of carbonyl (C=O) groups excluding carboxylic acids is 1. The predicted octanol–water partition coefficient (Wildman–Crippen LogP) is 2.61. The normalized spacial score (nSPS) is 11.1. The summed E-state index contributed by atoms with van der Waals surface area (Å²) >= 11 is 1.50. The maximum absolute atomic E-state index is 13.0.